The number of likely N-dealkylation sites (N-methyl/N-ethyl adjacent to an activating group) is 1. The molecule has 29 heavy (non-hydrogen) atoms. The highest BCUT2D eigenvalue weighted by Crippen LogP contribution is 2.55. The lowest BCUT2D eigenvalue weighted by atomic mass is 9.64. The lowest BCUT2D eigenvalue weighted by Crippen LogP contribution is -2.63. The van der Waals surface area contributed by atoms with Crippen LogP contribution in [0.15, 0.2) is 42.7 Å². The first-order chi connectivity index (χ1) is 14.0. The molecule has 154 valence electrons. The van der Waals surface area contributed by atoms with Crippen molar-refractivity contribution >= 4 is 5.91 Å². The zero-order chi connectivity index (χ0) is 20.2. The Morgan fingerprint density at radius 1 is 1.21 bits per heavy atom. The third-order valence-corrected chi connectivity index (χ3v) is 7.91. The number of amides is 1. The number of piperidine rings is 1. The van der Waals surface area contributed by atoms with E-state index in [0.717, 1.165) is 18.4 Å². The molecule has 0 spiro atoms. The summed E-state index contributed by atoms with van der Waals surface area (Å²) in [5.41, 5.74) is 2.63. The van der Waals surface area contributed by atoms with Crippen LogP contribution >= 0.6 is 0 Å². The van der Waals surface area contributed by atoms with Gasteiger partial charge in [0.15, 0.2) is 0 Å². The molecule has 0 radical (unpaired) electrons. The second-order valence-electron chi connectivity index (χ2n) is 9.68. The molecule has 1 saturated carbocycles. The number of fused-ring (bicyclic) bond motifs is 1. The molecule has 5 heteroatoms. The van der Waals surface area contributed by atoms with Gasteiger partial charge in [0, 0.05) is 29.7 Å². The summed E-state index contributed by atoms with van der Waals surface area (Å²) >= 11 is 0. The maximum absolute atomic E-state index is 13.7. The topological polar surface area (TPSA) is 41.4 Å². The normalized spacial score (nSPS) is 33.8. The second kappa shape index (κ2) is 6.98. The first kappa shape index (κ1) is 18.9. The smallest absolute Gasteiger partial charge is 0.244 e. The number of carbonyl (C=O) groups is 1. The predicted molar refractivity (Wildman–Crippen MR) is 113 cm³/mol. The van der Waals surface area contributed by atoms with Crippen LogP contribution in [0.1, 0.15) is 43.7 Å². The number of carbonyl (C=O) groups excluding carboxylic acids is 1. The summed E-state index contributed by atoms with van der Waals surface area (Å²) in [4.78, 5) is 18.6. The molecule has 2 saturated heterocycles. The first-order valence-corrected chi connectivity index (χ1v) is 11.0. The molecule has 2 bridgehead atoms. The van der Waals surface area contributed by atoms with Gasteiger partial charge in [-0.05, 0) is 57.2 Å². The third-order valence-electron chi connectivity index (χ3n) is 7.91. The van der Waals surface area contributed by atoms with E-state index in [4.69, 9.17) is 0 Å². The van der Waals surface area contributed by atoms with Gasteiger partial charge >= 0.3 is 0 Å². The summed E-state index contributed by atoms with van der Waals surface area (Å²) in [5, 5.41) is 4.38. The fraction of sp³-hybridized carbons (Fsp3) is 0.583. The summed E-state index contributed by atoms with van der Waals surface area (Å²) in [6, 6.07) is 12.3. The van der Waals surface area contributed by atoms with Crippen LogP contribution in [0.5, 0.6) is 0 Å². The van der Waals surface area contributed by atoms with Crippen LogP contribution in [0, 0.1) is 12.3 Å². The Kier molecular flexibility index (Phi) is 4.54. The molecule has 1 aromatic carbocycles. The molecule has 0 unspecified atom stereocenters. The first-order valence-electron chi connectivity index (χ1n) is 11.0. The van der Waals surface area contributed by atoms with Crippen molar-refractivity contribution < 1.29 is 4.79 Å². The van der Waals surface area contributed by atoms with Crippen molar-refractivity contribution in [3.8, 4) is 0 Å². The summed E-state index contributed by atoms with van der Waals surface area (Å²) in [6.45, 7) is 4.80. The number of hydrogen-bond acceptors (Lipinski definition) is 3. The molecule has 1 aliphatic carbocycles. The van der Waals surface area contributed by atoms with Crippen molar-refractivity contribution in [2.75, 3.05) is 7.05 Å². The Hall–Kier alpha value is -2.14. The van der Waals surface area contributed by atoms with E-state index in [-0.39, 0.29) is 17.4 Å². The average molecular weight is 393 g/mol. The molecule has 2 aromatic rings. The molecule has 0 N–H and O–H groups in total. The van der Waals surface area contributed by atoms with Crippen LogP contribution in [0.25, 0.3) is 0 Å². The quantitative estimate of drug-likeness (QED) is 0.802. The van der Waals surface area contributed by atoms with Crippen LogP contribution in [0.3, 0.4) is 0 Å². The van der Waals surface area contributed by atoms with Gasteiger partial charge in [0.2, 0.25) is 5.91 Å². The largest absolute Gasteiger partial charge is 0.333 e. The molecule has 2 aliphatic heterocycles. The van der Waals surface area contributed by atoms with Gasteiger partial charge < -0.3 is 4.90 Å². The molecule has 5 rings (SSSR count). The number of hydrogen-bond donors (Lipinski definition) is 0. The van der Waals surface area contributed by atoms with Gasteiger partial charge in [-0.25, -0.2) is 0 Å². The van der Waals surface area contributed by atoms with Crippen molar-refractivity contribution in [1.82, 2.24) is 19.6 Å². The van der Waals surface area contributed by atoms with Gasteiger partial charge in [0.05, 0.1) is 12.2 Å². The van der Waals surface area contributed by atoms with Crippen molar-refractivity contribution in [3.05, 3.63) is 53.9 Å². The third kappa shape index (κ3) is 3.02. The van der Waals surface area contributed by atoms with Gasteiger partial charge in [0.1, 0.15) is 6.54 Å². The minimum Gasteiger partial charge on any atom is -0.333 e. The van der Waals surface area contributed by atoms with E-state index >= 15 is 0 Å². The van der Waals surface area contributed by atoms with E-state index in [0.29, 0.717) is 24.7 Å². The fourth-order valence-electron chi connectivity index (χ4n) is 6.66. The molecule has 1 aromatic heterocycles. The monoisotopic (exact) mass is 392 g/mol. The summed E-state index contributed by atoms with van der Waals surface area (Å²) in [6.07, 6.45) is 9.55. The minimum atomic E-state index is 0.209. The zero-order valence-corrected chi connectivity index (χ0v) is 17.8. The number of rotatable bonds is 4. The van der Waals surface area contributed by atoms with Crippen molar-refractivity contribution in [3.63, 3.8) is 0 Å². The highest BCUT2D eigenvalue weighted by Gasteiger charge is 2.62. The Balaban J connectivity index is 1.51. The molecule has 3 aliphatic rings. The fourth-order valence-corrected chi connectivity index (χ4v) is 6.66. The highest BCUT2D eigenvalue weighted by molar-refractivity contribution is 5.77. The summed E-state index contributed by atoms with van der Waals surface area (Å²) in [7, 11) is 2.30. The Morgan fingerprint density at radius 2 is 1.97 bits per heavy atom. The van der Waals surface area contributed by atoms with Gasteiger partial charge in [-0.3, -0.25) is 14.4 Å². The molecule has 3 fully saturated rings. The maximum Gasteiger partial charge on any atom is 0.244 e. The summed E-state index contributed by atoms with van der Waals surface area (Å²) < 4.78 is 1.81. The Morgan fingerprint density at radius 3 is 2.69 bits per heavy atom. The van der Waals surface area contributed by atoms with Crippen LogP contribution in [0.2, 0.25) is 0 Å². The predicted octanol–water partition coefficient (Wildman–Crippen LogP) is 3.28. The SMILES string of the molecule is Cc1cnn(CC(=O)N2[C@H](Cc3ccccc3)[C@@H]3C[C@@]4(C)[C@H](CCC[C@@H]24)N3C)c1. The van der Waals surface area contributed by atoms with Gasteiger partial charge in [0.25, 0.3) is 0 Å². The Bertz CT molecular complexity index is 893. The van der Waals surface area contributed by atoms with Crippen LogP contribution in [-0.2, 0) is 17.8 Å². The minimum absolute atomic E-state index is 0.209. The lowest BCUT2D eigenvalue weighted by molar-refractivity contribution is -0.145. The molecule has 3 heterocycles. The van der Waals surface area contributed by atoms with Gasteiger partial charge in [-0.2, -0.15) is 5.10 Å². The van der Waals surface area contributed by atoms with E-state index in [1.165, 1.54) is 24.8 Å². The molecule has 1 amide bonds. The lowest BCUT2D eigenvalue weighted by Gasteiger charge is -2.53. The van der Waals surface area contributed by atoms with Crippen molar-refractivity contribution in [2.24, 2.45) is 5.41 Å². The maximum atomic E-state index is 13.7. The van der Waals surface area contributed by atoms with Gasteiger partial charge in [-0.1, -0.05) is 37.3 Å². The average Bonchev–Trinajstić information content (AvgIpc) is 3.23. The number of aromatic nitrogens is 2. The zero-order valence-electron chi connectivity index (χ0n) is 17.8. The molecule has 5 atom stereocenters. The highest BCUT2D eigenvalue weighted by atomic mass is 16.2. The Labute approximate surface area is 173 Å². The van der Waals surface area contributed by atoms with E-state index in [9.17, 15) is 4.79 Å². The summed E-state index contributed by atoms with van der Waals surface area (Å²) in [5.74, 6) is 0.228. The van der Waals surface area contributed by atoms with Crippen LogP contribution in [0.4, 0.5) is 0 Å². The van der Waals surface area contributed by atoms with E-state index in [1.54, 1.807) is 4.68 Å². The van der Waals surface area contributed by atoms with E-state index in [2.05, 4.69) is 59.2 Å². The van der Waals surface area contributed by atoms with Crippen molar-refractivity contribution in [1.29, 1.82) is 0 Å². The molecular weight excluding hydrogens is 360 g/mol. The van der Waals surface area contributed by atoms with E-state index in [1.807, 2.05) is 19.3 Å². The van der Waals surface area contributed by atoms with Gasteiger partial charge in [-0.15, -0.1) is 0 Å². The number of nitrogens with zero attached hydrogens (tertiary/aromatic N) is 4. The standard InChI is InChI=1S/C24H32N4O/c1-17-14-25-27(15-17)16-23(29)28-19(12-18-8-5-4-6-9-18)20-13-24(2)21(26(20)3)10-7-11-22(24)28/h4-6,8-9,14-15,19-22H,7,10-13,16H2,1-3H3/t19-,20+,21+,22-,24+/m1/s1. The molecular formula is C24H32N4O. The van der Waals surface area contributed by atoms with Crippen LogP contribution in [-0.4, -0.2) is 56.7 Å². The number of benzene rings is 1. The van der Waals surface area contributed by atoms with Crippen molar-refractivity contribution in [2.45, 2.75) is 76.7 Å². The molecule has 5 nitrogen and oxygen atoms in total. The van der Waals surface area contributed by atoms with E-state index < -0.39 is 0 Å². The second-order valence-corrected chi connectivity index (χ2v) is 9.68. The van der Waals surface area contributed by atoms with Crippen LogP contribution < -0.4 is 0 Å². The number of likely N-dealkylation sites (tertiary alicyclic amines) is 2. The number of aryl methyl sites for hydroxylation is 1.